The Bertz CT molecular complexity index is 1670. The number of nitrogens with zero attached hydrogens (tertiary/aromatic N) is 4. The highest BCUT2D eigenvalue weighted by molar-refractivity contribution is 7.16. The normalized spacial score (nSPS) is 14.6. The Kier molecular flexibility index (Phi) is 7.35. The third-order valence-corrected chi connectivity index (χ3v) is 9.00. The summed E-state index contributed by atoms with van der Waals surface area (Å²) in [5, 5.41) is 16.9. The zero-order chi connectivity index (χ0) is 27.0. The second-order valence-corrected chi connectivity index (χ2v) is 11.9. The summed E-state index contributed by atoms with van der Waals surface area (Å²) < 4.78 is 1.75. The van der Waals surface area contributed by atoms with Crippen LogP contribution < -0.4 is 0 Å². The van der Waals surface area contributed by atoms with E-state index >= 15 is 0 Å². The van der Waals surface area contributed by atoms with Crippen LogP contribution in [0.25, 0.3) is 17.8 Å². The largest absolute Gasteiger partial charge is 0.244 e. The SMILES string of the molecule is Cc1nn(-c2ccccc2)c(Cl)c1/C=C\C1=Cc2c(sc(/N=C/c3ccc(Cl)c(Cl)c3)c2C#N)C(C)(C)C1. The molecule has 1 aliphatic carbocycles. The lowest BCUT2D eigenvalue weighted by Gasteiger charge is -2.29. The molecule has 0 bridgehead atoms. The van der Waals surface area contributed by atoms with Gasteiger partial charge in [-0.15, -0.1) is 11.3 Å². The molecule has 0 spiro atoms. The van der Waals surface area contributed by atoms with E-state index in [1.807, 2.05) is 49.4 Å². The number of aryl methyl sites for hydroxylation is 1. The molecule has 2 aromatic heterocycles. The number of hydrogen-bond donors (Lipinski definition) is 0. The molecular formula is C30H23Cl3N4S. The predicted molar refractivity (Wildman–Crippen MR) is 161 cm³/mol. The summed E-state index contributed by atoms with van der Waals surface area (Å²) in [5.41, 5.74) is 5.90. The standard InChI is InChI=1S/C30H23Cl3N4S/c1-18-22(28(33)37(36-18)21-7-5-4-6-8-21)11-9-19-13-23-24(16-34)29(38-27(23)30(2,3)15-19)35-17-20-10-12-25(31)26(32)14-20/h4-14,17H,15H2,1-3H3/b11-9-,35-17+. The van der Waals surface area contributed by atoms with E-state index in [1.54, 1.807) is 34.4 Å². The second kappa shape index (κ2) is 10.6. The van der Waals surface area contributed by atoms with Gasteiger partial charge in [0.05, 0.1) is 27.0 Å². The number of benzene rings is 2. The zero-order valence-corrected chi connectivity index (χ0v) is 24.1. The first kappa shape index (κ1) is 26.5. The number of halogens is 3. The lowest BCUT2D eigenvalue weighted by molar-refractivity contribution is 0.531. The molecule has 0 amide bonds. The lowest BCUT2D eigenvalue weighted by Crippen LogP contribution is -2.20. The molecule has 2 aromatic carbocycles. The van der Waals surface area contributed by atoms with Crippen molar-refractivity contribution < 1.29 is 0 Å². The number of allylic oxidation sites excluding steroid dienone is 2. The van der Waals surface area contributed by atoms with E-state index in [4.69, 9.17) is 34.8 Å². The lowest BCUT2D eigenvalue weighted by atomic mass is 9.77. The molecule has 4 nitrogen and oxygen atoms in total. The van der Waals surface area contributed by atoms with Crippen LogP contribution in [0.1, 0.15) is 53.1 Å². The van der Waals surface area contributed by atoms with Crippen LogP contribution in [0.15, 0.2) is 65.2 Å². The predicted octanol–water partition coefficient (Wildman–Crippen LogP) is 9.60. The molecule has 5 rings (SSSR count). The van der Waals surface area contributed by atoms with Gasteiger partial charge in [-0.05, 0) is 60.9 Å². The van der Waals surface area contributed by atoms with Crippen LogP contribution in [0.2, 0.25) is 15.2 Å². The molecule has 0 aliphatic heterocycles. The fourth-order valence-electron chi connectivity index (χ4n) is 4.56. The van der Waals surface area contributed by atoms with Crippen molar-refractivity contribution in [3.8, 4) is 11.8 Å². The Labute approximate surface area is 241 Å². The molecule has 1 aliphatic rings. The number of aromatic nitrogens is 2. The number of nitriles is 1. The van der Waals surface area contributed by atoms with Gasteiger partial charge >= 0.3 is 0 Å². The highest BCUT2D eigenvalue weighted by Crippen LogP contribution is 2.48. The van der Waals surface area contributed by atoms with E-state index in [2.05, 4.69) is 42.2 Å². The van der Waals surface area contributed by atoms with Crippen molar-refractivity contribution in [3.05, 3.63) is 108 Å². The van der Waals surface area contributed by atoms with Gasteiger partial charge in [0, 0.05) is 27.6 Å². The number of para-hydroxylation sites is 1. The summed E-state index contributed by atoms with van der Waals surface area (Å²) in [6, 6.07) is 17.5. The Morgan fingerprint density at radius 3 is 2.55 bits per heavy atom. The van der Waals surface area contributed by atoms with Gasteiger partial charge in [0.25, 0.3) is 0 Å². The molecule has 38 heavy (non-hydrogen) atoms. The number of aliphatic imine (C=N–C) groups is 1. The average Bonchev–Trinajstić information content (AvgIpc) is 3.40. The summed E-state index contributed by atoms with van der Waals surface area (Å²) in [6.07, 6.45) is 8.72. The van der Waals surface area contributed by atoms with Crippen molar-refractivity contribution in [2.45, 2.75) is 32.6 Å². The molecule has 0 fully saturated rings. The van der Waals surface area contributed by atoms with Crippen molar-refractivity contribution in [3.63, 3.8) is 0 Å². The van der Waals surface area contributed by atoms with E-state index in [9.17, 15) is 5.26 Å². The topological polar surface area (TPSA) is 54.0 Å². The maximum atomic E-state index is 10.1. The summed E-state index contributed by atoms with van der Waals surface area (Å²) in [7, 11) is 0. The van der Waals surface area contributed by atoms with Crippen LogP contribution in [0.5, 0.6) is 0 Å². The molecule has 0 radical (unpaired) electrons. The Balaban J connectivity index is 1.49. The van der Waals surface area contributed by atoms with Crippen LogP contribution in [-0.4, -0.2) is 16.0 Å². The molecule has 0 unspecified atom stereocenters. The molecule has 2 heterocycles. The van der Waals surface area contributed by atoms with Gasteiger partial charge in [-0.1, -0.05) is 79.0 Å². The highest BCUT2D eigenvalue weighted by atomic mass is 35.5. The van der Waals surface area contributed by atoms with E-state index in [1.165, 1.54) is 0 Å². The Morgan fingerprint density at radius 1 is 1.08 bits per heavy atom. The number of fused-ring (bicyclic) bond motifs is 1. The first-order valence-electron chi connectivity index (χ1n) is 11.9. The number of thiophene rings is 1. The van der Waals surface area contributed by atoms with Crippen molar-refractivity contribution >= 4 is 69.5 Å². The molecule has 8 heteroatoms. The Hall–Kier alpha value is -3.14. The fourth-order valence-corrected chi connectivity index (χ4v) is 6.38. The van der Waals surface area contributed by atoms with Crippen LogP contribution in [0.3, 0.4) is 0 Å². The monoisotopic (exact) mass is 576 g/mol. The van der Waals surface area contributed by atoms with E-state index in [0.717, 1.165) is 44.9 Å². The smallest absolute Gasteiger partial charge is 0.140 e. The molecule has 0 saturated heterocycles. The summed E-state index contributed by atoms with van der Waals surface area (Å²) in [6.45, 7) is 6.35. The van der Waals surface area contributed by atoms with Crippen LogP contribution >= 0.6 is 46.1 Å². The van der Waals surface area contributed by atoms with Gasteiger partial charge in [-0.3, -0.25) is 0 Å². The third-order valence-electron chi connectivity index (χ3n) is 6.42. The molecule has 190 valence electrons. The molecular weight excluding hydrogens is 555 g/mol. The van der Waals surface area contributed by atoms with Crippen molar-refractivity contribution in [2.24, 2.45) is 4.99 Å². The van der Waals surface area contributed by atoms with Crippen molar-refractivity contribution in [1.82, 2.24) is 9.78 Å². The van der Waals surface area contributed by atoms with Crippen LogP contribution in [-0.2, 0) is 5.41 Å². The van der Waals surface area contributed by atoms with Gasteiger partial charge in [-0.25, -0.2) is 9.67 Å². The summed E-state index contributed by atoms with van der Waals surface area (Å²) >= 11 is 20.5. The minimum absolute atomic E-state index is 0.162. The quantitative estimate of drug-likeness (QED) is 0.222. The van der Waals surface area contributed by atoms with Gasteiger partial charge in [-0.2, -0.15) is 10.4 Å². The zero-order valence-electron chi connectivity index (χ0n) is 21.0. The van der Waals surface area contributed by atoms with Gasteiger partial charge in [0.2, 0.25) is 0 Å². The number of hydrogen-bond acceptors (Lipinski definition) is 4. The molecule has 4 aromatic rings. The van der Waals surface area contributed by atoms with Gasteiger partial charge < -0.3 is 0 Å². The van der Waals surface area contributed by atoms with Crippen molar-refractivity contribution in [2.75, 3.05) is 0 Å². The van der Waals surface area contributed by atoms with Crippen LogP contribution in [0.4, 0.5) is 5.00 Å². The second-order valence-electron chi connectivity index (χ2n) is 9.72. The Morgan fingerprint density at radius 2 is 1.84 bits per heavy atom. The van der Waals surface area contributed by atoms with E-state index in [0.29, 0.717) is 25.8 Å². The van der Waals surface area contributed by atoms with Crippen molar-refractivity contribution in [1.29, 1.82) is 5.26 Å². The van der Waals surface area contributed by atoms with E-state index < -0.39 is 0 Å². The average molecular weight is 578 g/mol. The number of rotatable bonds is 5. The van der Waals surface area contributed by atoms with Gasteiger partial charge in [0.15, 0.2) is 0 Å². The summed E-state index contributed by atoms with van der Waals surface area (Å²) in [5.74, 6) is 0. The minimum Gasteiger partial charge on any atom is -0.244 e. The maximum Gasteiger partial charge on any atom is 0.140 e. The molecule has 0 saturated carbocycles. The maximum absolute atomic E-state index is 10.1. The first-order valence-corrected chi connectivity index (χ1v) is 13.9. The van der Waals surface area contributed by atoms with E-state index in [-0.39, 0.29) is 5.41 Å². The summed E-state index contributed by atoms with van der Waals surface area (Å²) in [4.78, 5) is 5.81. The molecule has 0 N–H and O–H groups in total. The fraction of sp³-hybridized carbons (Fsp3) is 0.167. The van der Waals surface area contributed by atoms with Gasteiger partial charge in [0.1, 0.15) is 16.2 Å². The third kappa shape index (κ3) is 5.10. The minimum atomic E-state index is -0.162. The highest BCUT2D eigenvalue weighted by Gasteiger charge is 2.33. The first-order chi connectivity index (χ1) is 18.2. The molecule has 0 atom stereocenters. The van der Waals surface area contributed by atoms with Crippen LogP contribution in [0, 0.1) is 18.3 Å².